The zero-order valence-electron chi connectivity index (χ0n) is 15.8. The summed E-state index contributed by atoms with van der Waals surface area (Å²) < 4.78 is 0. The van der Waals surface area contributed by atoms with E-state index in [1.165, 1.54) is 0 Å². The normalized spacial score (nSPS) is 10.7. The number of nitrogens with zero attached hydrogens (tertiary/aromatic N) is 7. The van der Waals surface area contributed by atoms with E-state index >= 15 is 0 Å². The van der Waals surface area contributed by atoms with Crippen LogP contribution in [0.5, 0.6) is 0 Å². The van der Waals surface area contributed by atoms with Crippen molar-refractivity contribution in [3.05, 3.63) is 53.7 Å². The molecule has 0 saturated carbocycles. The smallest absolute Gasteiger partial charge is 0.224 e. The van der Waals surface area contributed by atoms with Crippen molar-refractivity contribution in [2.45, 2.75) is 20.4 Å². The largest absolute Gasteiger partial charge is 0.355 e. The van der Waals surface area contributed by atoms with Crippen LogP contribution in [0.3, 0.4) is 0 Å². The lowest BCUT2D eigenvalue weighted by Gasteiger charge is -2.22. The summed E-state index contributed by atoms with van der Waals surface area (Å²) >= 11 is 0. The van der Waals surface area contributed by atoms with Crippen molar-refractivity contribution in [1.29, 1.82) is 0 Å². The second kappa shape index (κ2) is 7.43. The fourth-order valence-electron chi connectivity index (χ4n) is 2.62. The van der Waals surface area contributed by atoms with E-state index < -0.39 is 0 Å². The van der Waals surface area contributed by atoms with Gasteiger partial charge in [-0.1, -0.05) is 0 Å². The fourth-order valence-corrected chi connectivity index (χ4v) is 2.62. The first-order valence-electron chi connectivity index (χ1n) is 8.40. The third kappa shape index (κ3) is 3.77. The summed E-state index contributed by atoms with van der Waals surface area (Å²) in [5.74, 6) is 2.28. The molecule has 3 aromatic rings. The Morgan fingerprint density at radius 1 is 0.962 bits per heavy atom. The van der Waals surface area contributed by atoms with Crippen LogP contribution in [0, 0.1) is 13.8 Å². The molecule has 7 heteroatoms. The minimum absolute atomic E-state index is 0.664. The molecule has 134 valence electrons. The molecule has 3 rings (SSSR count). The minimum Gasteiger partial charge on any atom is -0.355 e. The van der Waals surface area contributed by atoms with Gasteiger partial charge in [0.1, 0.15) is 5.82 Å². The molecule has 0 atom stereocenters. The van der Waals surface area contributed by atoms with E-state index in [0.717, 1.165) is 28.2 Å². The van der Waals surface area contributed by atoms with Gasteiger partial charge >= 0.3 is 0 Å². The average molecular weight is 349 g/mol. The number of pyridine rings is 1. The van der Waals surface area contributed by atoms with Gasteiger partial charge in [0.2, 0.25) is 5.95 Å². The van der Waals surface area contributed by atoms with Gasteiger partial charge in [0.05, 0.1) is 0 Å². The summed E-state index contributed by atoms with van der Waals surface area (Å²) in [6, 6.07) is 3.86. The lowest BCUT2D eigenvalue weighted by Crippen LogP contribution is -2.21. The van der Waals surface area contributed by atoms with Crippen LogP contribution in [0.4, 0.5) is 11.8 Å². The Morgan fingerprint density at radius 2 is 1.69 bits per heavy atom. The van der Waals surface area contributed by atoms with Crippen molar-refractivity contribution >= 4 is 11.8 Å². The quantitative estimate of drug-likeness (QED) is 0.701. The van der Waals surface area contributed by atoms with E-state index in [4.69, 9.17) is 4.98 Å². The van der Waals surface area contributed by atoms with Crippen LogP contribution in [0.15, 0.2) is 36.9 Å². The average Bonchev–Trinajstić information content (AvgIpc) is 2.65. The van der Waals surface area contributed by atoms with Gasteiger partial charge in [0.15, 0.2) is 5.82 Å². The summed E-state index contributed by atoms with van der Waals surface area (Å²) in [5.41, 5.74) is 3.95. The maximum atomic E-state index is 4.77. The molecule has 26 heavy (non-hydrogen) atoms. The SMILES string of the molecule is Cc1nc(-c2cccnc2)nc(N(C)Cc2cnc(N(C)C)nc2)c1C. The predicted octanol–water partition coefficient (Wildman–Crippen LogP) is 2.65. The highest BCUT2D eigenvalue weighted by Crippen LogP contribution is 2.24. The summed E-state index contributed by atoms with van der Waals surface area (Å²) in [5, 5.41) is 0. The van der Waals surface area contributed by atoms with Crippen molar-refractivity contribution in [2.24, 2.45) is 0 Å². The first-order chi connectivity index (χ1) is 12.5. The van der Waals surface area contributed by atoms with Gasteiger partial charge in [-0.3, -0.25) is 4.98 Å². The van der Waals surface area contributed by atoms with Gasteiger partial charge in [-0.2, -0.15) is 0 Å². The highest BCUT2D eigenvalue weighted by molar-refractivity contribution is 5.59. The molecule has 0 aliphatic heterocycles. The van der Waals surface area contributed by atoms with Gasteiger partial charge in [-0.15, -0.1) is 0 Å². The van der Waals surface area contributed by atoms with Crippen LogP contribution in [0.25, 0.3) is 11.4 Å². The number of hydrogen-bond donors (Lipinski definition) is 0. The Kier molecular flexibility index (Phi) is 5.06. The van der Waals surface area contributed by atoms with Gasteiger partial charge in [-0.05, 0) is 26.0 Å². The molecule has 0 fully saturated rings. The van der Waals surface area contributed by atoms with E-state index in [0.29, 0.717) is 18.3 Å². The van der Waals surface area contributed by atoms with E-state index in [2.05, 4.69) is 24.8 Å². The van der Waals surface area contributed by atoms with Crippen molar-refractivity contribution in [1.82, 2.24) is 24.9 Å². The third-order valence-electron chi connectivity index (χ3n) is 4.16. The monoisotopic (exact) mass is 349 g/mol. The maximum Gasteiger partial charge on any atom is 0.224 e. The number of aromatic nitrogens is 5. The van der Waals surface area contributed by atoms with Crippen molar-refractivity contribution < 1.29 is 0 Å². The van der Waals surface area contributed by atoms with Crippen molar-refractivity contribution in [2.75, 3.05) is 30.9 Å². The van der Waals surface area contributed by atoms with Crippen LogP contribution in [-0.2, 0) is 6.54 Å². The van der Waals surface area contributed by atoms with Gasteiger partial charge < -0.3 is 9.80 Å². The predicted molar refractivity (Wildman–Crippen MR) is 103 cm³/mol. The molecule has 0 amide bonds. The molecule has 7 nitrogen and oxygen atoms in total. The fraction of sp³-hybridized carbons (Fsp3) is 0.316. The molecule has 0 spiro atoms. The van der Waals surface area contributed by atoms with Gasteiger partial charge in [-0.25, -0.2) is 19.9 Å². The standard InChI is InChI=1S/C19H23N7/c1-13-14(2)23-17(16-7-6-8-20-11-16)24-18(13)26(5)12-15-9-21-19(22-10-15)25(3)4/h6-11H,12H2,1-5H3. The molecule has 0 bridgehead atoms. The summed E-state index contributed by atoms with van der Waals surface area (Å²) in [4.78, 5) is 26.3. The molecule has 3 aromatic heterocycles. The summed E-state index contributed by atoms with van der Waals surface area (Å²) in [7, 11) is 5.86. The zero-order chi connectivity index (χ0) is 18.7. The molecule has 0 saturated heterocycles. The van der Waals surface area contributed by atoms with E-state index in [-0.39, 0.29) is 0 Å². The van der Waals surface area contributed by atoms with E-state index in [1.54, 1.807) is 12.4 Å². The van der Waals surface area contributed by atoms with E-state index in [1.807, 2.05) is 64.4 Å². The van der Waals surface area contributed by atoms with Crippen LogP contribution < -0.4 is 9.80 Å². The molecular weight excluding hydrogens is 326 g/mol. The van der Waals surface area contributed by atoms with Crippen LogP contribution in [0.1, 0.15) is 16.8 Å². The molecule has 0 aliphatic rings. The molecule has 0 aliphatic carbocycles. The second-order valence-electron chi connectivity index (χ2n) is 6.46. The van der Waals surface area contributed by atoms with Crippen LogP contribution in [-0.4, -0.2) is 46.1 Å². The van der Waals surface area contributed by atoms with Crippen molar-refractivity contribution in [3.63, 3.8) is 0 Å². The highest BCUT2D eigenvalue weighted by atomic mass is 15.2. The Hall–Kier alpha value is -3.09. The summed E-state index contributed by atoms with van der Waals surface area (Å²) in [6.45, 7) is 4.71. The van der Waals surface area contributed by atoms with Crippen LogP contribution >= 0.6 is 0 Å². The molecule has 3 heterocycles. The minimum atomic E-state index is 0.664. The zero-order valence-corrected chi connectivity index (χ0v) is 15.8. The molecule has 0 aromatic carbocycles. The molecular formula is C19H23N7. The number of anilines is 2. The first kappa shape index (κ1) is 17.7. The van der Waals surface area contributed by atoms with E-state index in [9.17, 15) is 0 Å². The first-order valence-corrected chi connectivity index (χ1v) is 8.40. The number of aryl methyl sites for hydroxylation is 1. The number of rotatable bonds is 5. The summed E-state index contributed by atoms with van der Waals surface area (Å²) in [6.07, 6.45) is 7.23. The third-order valence-corrected chi connectivity index (χ3v) is 4.16. The van der Waals surface area contributed by atoms with Crippen molar-refractivity contribution in [3.8, 4) is 11.4 Å². The Balaban J connectivity index is 1.88. The highest BCUT2D eigenvalue weighted by Gasteiger charge is 2.14. The molecule has 0 N–H and O–H groups in total. The van der Waals surface area contributed by atoms with Gasteiger partial charge in [0.25, 0.3) is 0 Å². The number of hydrogen-bond acceptors (Lipinski definition) is 7. The molecule has 0 radical (unpaired) electrons. The van der Waals surface area contributed by atoms with Gasteiger partial charge in [0, 0.05) is 74.9 Å². The Labute approximate surface area is 153 Å². The Morgan fingerprint density at radius 3 is 2.31 bits per heavy atom. The molecule has 0 unspecified atom stereocenters. The van der Waals surface area contributed by atoms with Crippen LogP contribution in [0.2, 0.25) is 0 Å². The Bertz CT molecular complexity index is 876. The topological polar surface area (TPSA) is 70.9 Å². The lowest BCUT2D eigenvalue weighted by atomic mass is 10.2. The second-order valence-corrected chi connectivity index (χ2v) is 6.46. The lowest BCUT2D eigenvalue weighted by molar-refractivity contribution is 0.860. The maximum absolute atomic E-state index is 4.77.